The third kappa shape index (κ3) is 4.70. The molecular weight excluding hydrogens is 266 g/mol. The van der Waals surface area contributed by atoms with Gasteiger partial charge in [0.25, 0.3) is 0 Å². The van der Waals surface area contributed by atoms with E-state index in [4.69, 9.17) is 0 Å². The largest absolute Gasteiger partial charge is 0.298 e. The fraction of sp³-hybridized carbons (Fsp3) is 0.286. The van der Waals surface area contributed by atoms with Gasteiger partial charge in [-0.05, 0) is 61.6 Å². The number of rotatable bonds is 6. The third-order valence-corrected chi connectivity index (χ3v) is 3.74. The highest BCUT2D eigenvalue weighted by molar-refractivity contribution is 5.77. The maximum Gasteiger partial charge on any atom is 0.0420 e. The molecule has 1 aromatic carbocycles. The molecule has 1 aliphatic rings. The molecule has 1 nitrogen and oxygen atoms in total. The molecule has 0 fully saturated rings. The van der Waals surface area contributed by atoms with E-state index in [0.717, 1.165) is 25.8 Å². The smallest absolute Gasteiger partial charge is 0.0420 e. The molecule has 0 aliphatic heterocycles. The van der Waals surface area contributed by atoms with E-state index in [1.807, 2.05) is 13.1 Å². The molecule has 0 saturated carbocycles. The fourth-order valence-electron chi connectivity index (χ4n) is 2.67. The molecule has 0 saturated heterocycles. The van der Waals surface area contributed by atoms with Gasteiger partial charge in [-0.2, -0.15) is 0 Å². The minimum atomic E-state index is 0.867. The van der Waals surface area contributed by atoms with E-state index in [1.165, 1.54) is 22.3 Å². The van der Waals surface area contributed by atoms with Crippen molar-refractivity contribution in [3.63, 3.8) is 0 Å². The maximum atomic E-state index is 4.29. The van der Waals surface area contributed by atoms with Crippen LogP contribution in [0.4, 0.5) is 0 Å². The van der Waals surface area contributed by atoms with Crippen LogP contribution in [-0.2, 0) is 0 Å². The van der Waals surface area contributed by atoms with Crippen LogP contribution in [0.2, 0.25) is 0 Å². The number of hydrogen-bond acceptors (Lipinski definition) is 1. The summed E-state index contributed by atoms with van der Waals surface area (Å²) in [5.74, 6) is 0. The molecule has 1 heteroatoms. The Morgan fingerprint density at radius 2 is 2.00 bits per heavy atom. The molecule has 0 spiro atoms. The van der Waals surface area contributed by atoms with Crippen LogP contribution < -0.4 is 0 Å². The normalized spacial score (nSPS) is 16.2. The Kier molecular flexibility index (Phi) is 6.63. The average Bonchev–Trinajstić information content (AvgIpc) is 2.58. The molecule has 114 valence electrons. The molecule has 0 atom stereocenters. The van der Waals surface area contributed by atoms with Gasteiger partial charge in [-0.1, -0.05) is 60.7 Å². The number of allylic oxidation sites excluding steroid dienone is 7. The lowest BCUT2D eigenvalue weighted by atomic mass is 9.90. The van der Waals surface area contributed by atoms with Crippen molar-refractivity contribution in [3.8, 4) is 0 Å². The summed E-state index contributed by atoms with van der Waals surface area (Å²) in [5, 5.41) is 0. The van der Waals surface area contributed by atoms with Gasteiger partial charge < -0.3 is 0 Å². The predicted octanol–water partition coefficient (Wildman–Crippen LogP) is 5.77. The van der Waals surface area contributed by atoms with E-state index < -0.39 is 0 Å². The van der Waals surface area contributed by atoms with Crippen LogP contribution in [-0.4, -0.2) is 12.8 Å². The monoisotopic (exact) mass is 291 g/mol. The van der Waals surface area contributed by atoms with Crippen LogP contribution in [0.25, 0.3) is 5.57 Å². The molecule has 1 aliphatic carbocycles. The van der Waals surface area contributed by atoms with Gasteiger partial charge in [0.2, 0.25) is 0 Å². The zero-order valence-corrected chi connectivity index (χ0v) is 13.6. The first kappa shape index (κ1) is 16.2. The molecule has 0 aromatic heterocycles. The topological polar surface area (TPSA) is 12.4 Å². The second-order valence-corrected chi connectivity index (χ2v) is 5.35. The molecule has 0 amide bonds. The van der Waals surface area contributed by atoms with Gasteiger partial charge >= 0.3 is 0 Å². The standard InChI is InChI=1S/C21H25N/c1-3-10-18(15-9-16-22-4-2)20-13-8-14-21(17-20)19-11-6-5-7-12-19/h3-7,10-12,14-15,17H,8-9,13,16H2,1-2H3/b10-3-,18-15+,22-4?. The van der Waals surface area contributed by atoms with Gasteiger partial charge in [-0.3, -0.25) is 4.99 Å². The van der Waals surface area contributed by atoms with Crippen LogP contribution in [0.15, 0.2) is 76.9 Å². The number of hydrogen-bond donors (Lipinski definition) is 0. The highest BCUT2D eigenvalue weighted by atomic mass is 14.7. The van der Waals surface area contributed by atoms with Gasteiger partial charge in [0.05, 0.1) is 0 Å². The van der Waals surface area contributed by atoms with E-state index in [-0.39, 0.29) is 0 Å². The van der Waals surface area contributed by atoms with Crippen molar-refractivity contribution in [2.24, 2.45) is 4.99 Å². The molecular formula is C21H25N. The molecule has 0 bridgehead atoms. The van der Waals surface area contributed by atoms with Gasteiger partial charge in [-0.25, -0.2) is 0 Å². The van der Waals surface area contributed by atoms with Gasteiger partial charge in [0, 0.05) is 6.54 Å². The molecule has 22 heavy (non-hydrogen) atoms. The van der Waals surface area contributed by atoms with E-state index >= 15 is 0 Å². The predicted molar refractivity (Wildman–Crippen MR) is 98.3 cm³/mol. The number of benzene rings is 1. The summed E-state index contributed by atoms with van der Waals surface area (Å²) in [6.45, 7) is 4.92. The summed E-state index contributed by atoms with van der Waals surface area (Å²) in [4.78, 5) is 4.29. The SMILES string of the molecule is CC=NCC/C=C(\C=C/C)C1=CC(c2ccccc2)=CCC1. The lowest BCUT2D eigenvalue weighted by Gasteiger charge is -2.15. The second-order valence-electron chi connectivity index (χ2n) is 5.35. The van der Waals surface area contributed by atoms with Gasteiger partial charge in [0.1, 0.15) is 0 Å². The first-order valence-electron chi connectivity index (χ1n) is 8.09. The molecule has 2 rings (SSSR count). The van der Waals surface area contributed by atoms with E-state index in [9.17, 15) is 0 Å². The Hall–Kier alpha value is -2.15. The highest BCUT2D eigenvalue weighted by Gasteiger charge is 2.09. The molecule has 0 N–H and O–H groups in total. The minimum Gasteiger partial charge on any atom is -0.298 e. The van der Waals surface area contributed by atoms with Crippen molar-refractivity contribution in [2.45, 2.75) is 33.1 Å². The third-order valence-electron chi connectivity index (χ3n) is 3.74. The van der Waals surface area contributed by atoms with Crippen molar-refractivity contribution in [1.29, 1.82) is 0 Å². The second kappa shape index (κ2) is 8.99. The summed E-state index contributed by atoms with van der Waals surface area (Å²) < 4.78 is 0. The fourth-order valence-corrected chi connectivity index (χ4v) is 2.67. The molecule has 0 heterocycles. The molecule has 0 radical (unpaired) electrons. The summed E-state index contributed by atoms with van der Waals surface area (Å²) in [6.07, 6.45) is 16.4. The maximum absolute atomic E-state index is 4.29. The zero-order chi connectivity index (χ0) is 15.6. The quantitative estimate of drug-likeness (QED) is 0.358. The van der Waals surface area contributed by atoms with Crippen molar-refractivity contribution in [2.75, 3.05) is 6.54 Å². The summed E-state index contributed by atoms with van der Waals surface area (Å²) in [5.41, 5.74) is 5.41. The van der Waals surface area contributed by atoms with E-state index in [2.05, 4.69) is 72.6 Å². The summed E-state index contributed by atoms with van der Waals surface area (Å²) in [6, 6.07) is 10.6. The molecule has 1 aromatic rings. The van der Waals surface area contributed by atoms with Gasteiger partial charge in [-0.15, -0.1) is 0 Å². The minimum absolute atomic E-state index is 0.867. The van der Waals surface area contributed by atoms with Crippen LogP contribution in [0.3, 0.4) is 0 Å². The number of nitrogens with zero attached hydrogens (tertiary/aromatic N) is 1. The van der Waals surface area contributed by atoms with Crippen LogP contribution in [0.1, 0.15) is 38.7 Å². The Morgan fingerprint density at radius 1 is 1.18 bits per heavy atom. The lowest BCUT2D eigenvalue weighted by molar-refractivity contribution is 0.963. The average molecular weight is 291 g/mol. The van der Waals surface area contributed by atoms with E-state index in [1.54, 1.807) is 0 Å². The Bertz CT molecular complexity index is 613. The van der Waals surface area contributed by atoms with Crippen molar-refractivity contribution in [3.05, 3.63) is 77.4 Å². The van der Waals surface area contributed by atoms with Crippen LogP contribution >= 0.6 is 0 Å². The Labute approximate surface area is 134 Å². The molecule has 0 unspecified atom stereocenters. The Balaban J connectivity index is 2.20. The van der Waals surface area contributed by atoms with Gasteiger partial charge in [0.15, 0.2) is 0 Å². The lowest BCUT2D eigenvalue weighted by Crippen LogP contribution is -1.96. The highest BCUT2D eigenvalue weighted by Crippen LogP contribution is 2.29. The van der Waals surface area contributed by atoms with E-state index in [0.29, 0.717) is 0 Å². The summed E-state index contributed by atoms with van der Waals surface area (Å²) >= 11 is 0. The first-order valence-corrected chi connectivity index (χ1v) is 8.09. The zero-order valence-electron chi connectivity index (χ0n) is 13.6. The summed E-state index contributed by atoms with van der Waals surface area (Å²) in [7, 11) is 0. The Morgan fingerprint density at radius 3 is 2.73 bits per heavy atom. The van der Waals surface area contributed by atoms with Crippen LogP contribution in [0.5, 0.6) is 0 Å². The first-order chi connectivity index (χ1) is 10.8. The van der Waals surface area contributed by atoms with Crippen molar-refractivity contribution < 1.29 is 0 Å². The van der Waals surface area contributed by atoms with Crippen LogP contribution in [0, 0.1) is 0 Å². The van der Waals surface area contributed by atoms with Crippen molar-refractivity contribution in [1.82, 2.24) is 0 Å². The number of aliphatic imine (C=N–C) groups is 1. The van der Waals surface area contributed by atoms with Crippen molar-refractivity contribution >= 4 is 11.8 Å².